The van der Waals surface area contributed by atoms with Crippen molar-refractivity contribution in [1.82, 2.24) is 14.0 Å². The van der Waals surface area contributed by atoms with Crippen LogP contribution in [0.3, 0.4) is 0 Å². The van der Waals surface area contributed by atoms with Crippen LogP contribution in [0.5, 0.6) is 0 Å². The Labute approximate surface area is 268 Å². The van der Waals surface area contributed by atoms with E-state index in [1.54, 1.807) is 12.1 Å². The van der Waals surface area contributed by atoms with Crippen LogP contribution in [0, 0.1) is 0 Å². The molecular weight excluding hydrogens is 601 g/mol. The van der Waals surface area contributed by atoms with E-state index < -0.39 is 22.8 Å². The van der Waals surface area contributed by atoms with Gasteiger partial charge in [0.2, 0.25) is 0 Å². The number of aryl methyl sites for hydroxylation is 1. The Morgan fingerprint density at radius 1 is 0.932 bits per heavy atom. The molecular formula is C34H39Cl2N3O5. The summed E-state index contributed by atoms with van der Waals surface area (Å²) < 4.78 is 9.01. The van der Waals surface area contributed by atoms with Crippen LogP contribution in [0.25, 0.3) is 10.9 Å². The normalized spacial score (nSPS) is 14.5. The number of benzene rings is 3. The van der Waals surface area contributed by atoms with Crippen molar-refractivity contribution in [2.45, 2.75) is 63.8 Å². The molecule has 1 fully saturated rings. The molecule has 10 heteroatoms. The number of ether oxygens (including phenoxy) is 1. The molecule has 4 aromatic rings. The molecule has 0 atom stereocenters. The first-order chi connectivity index (χ1) is 20.7. The lowest BCUT2D eigenvalue weighted by atomic mass is 10.00. The molecule has 1 aromatic heterocycles. The molecule has 1 N–H and O–H groups in total. The van der Waals surface area contributed by atoms with Crippen LogP contribution >= 0.6 is 24.0 Å². The third-order valence-electron chi connectivity index (χ3n) is 8.36. The van der Waals surface area contributed by atoms with Gasteiger partial charge in [-0.1, -0.05) is 72.3 Å². The number of halogens is 2. The minimum absolute atomic E-state index is 0. The Balaban J connectivity index is 0.00000442. The maximum atomic E-state index is 13.5. The number of unbranched alkanes of at least 4 members (excludes halogenated alkanes) is 1. The molecule has 8 nitrogen and oxygen atoms in total. The summed E-state index contributed by atoms with van der Waals surface area (Å²) in [6, 6.07) is 25.5. The predicted molar refractivity (Wildman–Crippen MR) is 176 cm³/mol. The summed E-state index contributed by atoms with van der Waals surface area (Å²) >= 11 is 6.16. The Kier molecular flexibility index (Phi) is 11.1. The average Bonchev–Trinajstić information content (AvgIpc) is 3.01. The SMILES string of the molecule is CC(C)(C(=O)O)n1c(=O)c2cc(Cl)ccc2n(CCCCN2CCC(OC(c3ccccc3)c3ccccc3)CC2)c1=O.Cl. The van der Waals surface area contributed by atoms with Crippen molar-refractivity contribution in [2.24, 2.45) is 0 Å². The summed E-state index contributed by atoms with van der Waals surface area (Å²) in [7, 11) is 0. The lowest BCUT2D eigenvalue weighted by molar-refractivity contribution is -0.146. The molecule has 1 saturated heterocycles. The zero-order valence-electron chi connectivity index (χ0n) is 25.0. The van der Waals surface area contributed by atoms with E-state index in [9.17, 15) is 19.5 Å². The number of hydrogen-bond acceptors (Lipinski definition) is 5. The van der Waals surface area contributed by atoms with E-state index in [1.807, 2.05) is 36.4 Å². The summed E-state index contributed by atoms with van der Waals surface area (Å²) in [6.45, 7) is 5.82. The monoisotopic (exact) mass is 639 g/mol. The van der Waals surface area contributed by atoms with Gasteiger partial charge >= 0.3 is 11.7 Å². The van der Waals surface area contributed by atoms with Crippen LogP contribution in [0.15, 0.2) is 88.5 Å². The number of fused-ring (bicyclic) bond motifs is 1. The predicted octanol–water partition coefficient (Wildman–Crippen LogP) is 6.11. The fourth-order valence-corrected chi connectivity index (χ4v) is 5.99. The van der Waals surface area contributed by atoms with Gasteiger partial charge < -0.3 is 14.7 Å². The highest BCUT2D eigenvalue weighted by atomic mass is 35.5. The fourth-order valence-electron chi connectivity index (χ4n) is 5.82. The number of nitrogens with zero attached hydrogens (tertiary/aromatic N) is 3. The van der Waals surface area contributed by atoms with Gasteiger partial charge in [-0.05, 0) is 75.4 Å². The van der Waals surface area contributed by atoms with Crippen LogP contribution in [0.4, 0.5) is 0 Å². The van der Waals surface area contributed by atoms with Gasteiger partial charge in [0.25, 0.3) is 5.56 Å². The van der Waals surface area contributed by atoms with E-state index in [-0.39, 0.29) is 30.0 Å². The number of likely N-dealkylation sites (tertiary alicyclic amines) is 1. The second-order valence-electron chi connectivity index (χ2n) is 11.7. The van der Waals surface area contributed by atoms with Crippen molar-refractivity contribution in [2.75, 3.05) is 19.6 Å². The van der Waals surface area contributed by atoms with E-state index in [1.165, 1.54) is 24.5 Å². The van der Waals surface area contributed by atoms with E-state index in [2.05, 4.69) is 29.2 Å². The molecule has 5 rings (SSSR count). The fraction of sp³-hybridized carbons (Fsp3) is 0.382. The van der Waals surface area contributed by atoms with E-state index >= 15 is 0 Å². The average molecular weight is 641 g/mol. The van der Waals surface area contributed by atoms with E-state index in [4.69, 9.17) is 16.3 Å². The smallest absolute Gasteiger partial charge is 0.332 e. The maximum absolute atomic E-state index is 13.5. The minimum Gasteiger partial charge on any atom is -0.480 e. The highest BCUT2D eigenvalue weighted by Gasteiger charge is 2.34. The van der Waals surface area contributed by atoms with Gasteiger partial charge in [-0.25, -0.2) is 14.2 Å². The third kappa shape index (κ3) is 7.26. The van der Waals surface area contributed by atoms with Gasteiger partial charge in [-0.15, -0.1) is 12.4 Å². The Bertz CT molecular complexity index is 1640. The van der Waals surface area contributed by atoms with Crippen molar-refractivity contribution in [3.8, 4) is 0 Å². The maximum Gasteiger partial charge on any atom is 0.332 e. The molecule has 0 bridgehead atoms. The van der Waals surface area contributed by atoms with Gasteiger partial charge in [-0.3, -0.25) is 9.36 Å². The second-order valence-corrected chi connectivity index (χ2v) is 12.1. The second kappa shape index (κ2) is 14.6. The molecule has 2 heterocycles. The summed E-state index contributed by atoms with van der Waals surface area (Å²) in [5.41, 5.74) is -0.229. The molecule has 0 radical (unpaired) electrons. The summed E-state index contributed by atoms with van der Waals surface area (Å²) in [5.74, 6) is -1.26. The van der Waals surface area contributed by atoms with Crippen molar-refractivity contribution < 1.29 is 14.6 Å². The van der Waals surface area contributed by atoms with Gasteiger partial charge in [-0.2, -0.15) is 0 Å². The van der Waals surface area contributed by atoms with Crippen molar-refractivity contribution in [3.63, 3.8) is 0 Å². The molecule has 1 aliphatic heterocycles. The topological polar surface area (TPSA) is 93.8 Å². The van der Waals surface area contributed by atoms with Crippen LogP contribution in [0.1, 0.15) is 56.8 Å². The zero-order valence-corrected chi connectivity index (χ0v) is 26.6. The molecule has 0 amide bonds. The van der Waals surface area contributed by atoms with Crippen molar-refractivity contribution in [1.29, 1.82) is 0 Å². The van der Waals surface area contributed by atoms with Crippen molar-refractivity contribution in [3.05, 3.63) is 116 Å². The molecule has 234 valence electrons. The zero-order chi connectivity index (χ0) is 30.6. The number of carboxylic acids is 1. The van der Waals surface area contributed by atoms with E-state index in [0.29, 0.717) is 23.5 Å². The van der Waals surface area contributed by atoms with Crippen LogP contribution in [0.2, 0.25) is 5.02 Å². The molecule has 0 saturated carbocycles. The summed E-state index contributed by atoms with van der Waals surface area (Å²) in [5, 5.41) is 10.3. The molecule has 0 aliphatic carbocycles. The first kappa shape index (κ1) is 33.5. The summed E-state index contributed by atoms with van der Waals surface area (Å²) in [6.07, 6.45) is 3.50. The molecule has 0 spiro atoms. The number of carboxylic acid groups (broad SMARTS) is 1. The molecule has 3 aromatic carbocycles. The van der Waals surface area contributed by atoms with Crippen LogP contribution in [-0.4, -0.2) is 50.8 Å². The van der Waals surface area contributed by atoms with E-state index in [0.717, 1.165) is 54.6 Å². The number of piperidine rings is 1. The quantitative estimate of drug-likeness (QED) is 0.199. The van der Waals surface area contributed by atoms with Gasteiger partial charge in [0, 0.05) is 24.7 Å². The largest absolute Gasteiger partial charge is 0.480 e. The Hall–Kier alpha value is -3.43. The minimum atomic E-state index is -1.71. The third-order valence-corrected chi connectivity index (χ3v) is 8.60. The number of aliphatic carboxylic acids is 1. The first-order valence-electron chi connectivity index (χ1n) is 14.8. The number of hydrogen-bond donors (Lipinski definition) is 1. The first-order valence-corrected chi connectivity index (χ1v) is 15.2. The Morgan fingerprint density at radius 3 is 2.07 bits per heavy atom. The van der Waals surface area contributed by atoms with Crippen molar-refractivity contribution >= 4 is 40.9 Å². The molecule has 44 heavy (non-hydrogen) atoms. The highest BCUT2D eigenvalue weighted by Crippen LogP contribution is 2.30. The highest BCUT2D eigenvalue weighted by molar-refractivity contribution is 6.31. The van der Waals surface area contributed by atoms with Crippen LogP contribution in [-0.2, 0) is 21.6 Å². The Morgan fingerprint density at radius 2 is 1.50 bits per heavy atom. The molecule has 0 unspecified atom stereocenters. The lowest BCUT2D eigenvalue weighted by Crippen LogP contribution is -2.52. The summed E-state index contributed by atoms with van der Waals surface area (Å²) in [4.78, 5) is 41.1. The van der Waals surface area contributed by atoms with Crippen LogP contribution < -0.4 is 11.2 Å². The molecule has 1 aliphatic rings. The standard InChI is InChI=1S/C34H38ClN3O5.ClH/c1-34(2,32(40)41)38-31(39)28-23-26(35)15-16-29(28)37(33(38)42)20-10-9-19-36-21-17-27(18-22-36)43-30(24-11-5-3-6-12-24)25-13-7-4-8-14-25;/h3-8,11-16,23,27,30H,9-10,17-22H2,1-2H3,(H,40,41);1H. The lowest BCUT2D eigenvalue weighted by Gasteiger charge is -2.34. The van der Waals surface area contributed by atoms with Gasteiger partial charge in [0.15, 0.2) is 0 Å². The number of carbonyl (C=O) groups is 1. The number of rotatable bonds is 11. The number of aromatic nitrogens is 2. The van der Waals surface area contributed by atoms with Gasteiger partial charge in [0.1, 0.15) is 11.6 Å². The van der Waals surface area contributed by atoms with Gasteiger partial charge in [0.05, 0.1) is 17.0 Å².